The standard InChI is InChI=1S/C31H62N2/c1-5-9-12-13-15-19-30(18-14-10-6-2)20-16-23-33-27-31(28-33)21-24-32(25-22-31)26-29(8-4)17-11-7-3/h29-30H,5-28H2,1-4H3. The van der Waals surface area contributed by atoms with Crippen molar-refractivity contribution in [2.45, 2.75) is 143 Å². The second kappa shape index (κ2) is 17.4. The topological polar surface area (TPSA) is 6.48 Å². The molecule has 0 aliphatic carbocycles. The van der Waals surface area contributed by atoms with E-state index in [1.54, 1.807) is 0 Å². The Morgan fingerprint density at radius 2 is 1.12 bits per heavy atom. The summed E-state index contributed by atoms with van der Waals surface area (Å²) in [5.74, 6) is 1.95. The van der Waals surface area contributed by atoms with Gasteiger partial charge < -0.3 is 9.80 Å². The monoisotopic (exact) mass is 462 g/mol. The molecule has 2 aliphatic heterocycles. The molecule has 0 aromatic heterocycles. The van der Waals surface area contributed by atoms with Gasteiger partial charge in [-0.15, -0.1) is 0 Å². The van der Waals surface area contributed by atoms with Crippen LogP contribution in [-0.2, 0) is 0 Å². The minimum Gasteiger partial charge on any atom is -0.303 e. The molecule has 0 saturated carbocycles. The molecule has 2 atom stereocenters. The van der Waals surface area contributed by atoms with E-state index < -0.39 is 0 Å². The van der Waals surface area contributed by atoms with Crippen molar-refractivity contribution in [3.8, 4) is 0 Å². The van der Waals surface area contributed by atoms with Gasteiger partial charge in [-0.2, -0.15) is 0 Å². The van der Waals surface area contributed by atoms with Gasteiger partial charge >= 0.3 is 0 Å². The number of nitrogens with zero attached hydrogens (tertiary/aromatic N) is 2. The van der Waals surface area contributed by atoms with Gasteiger partial charge in [0.15, 0.2) is 0 Å². The molecule has 2 heteroatoms. The largest absolute Gasteiger partial charge is 0.303 e. The summed E-state index contributed by atoms with van der Waals surface area (Å²) in [5, 5.41) is 0. The van der Waals surface area contributed by atoms with E-state index >= 15 is 0 Å². The first-order valence-corrected chi connectivity index (χ1v) is 15.6. The Bertz CT molecular complexity index is 446. The first kappa shape index (κ1) is 29.2. The first-order valence-electron chi connectivity index (χ1n) is 15.6. The summed E-state index contributed by atoms with van der Waals surface area (Å²) in [7, 11) is 0. The van der Waals surface area contributed by atoms with Crippen LogP contribution in [0, 0.1) is 17.3 Å². The quantitative estimate of drug-likeness (QED) is 0.167. The van der Waals surface area contributed by atoms with E-state index in [-0.39, 0.29) is 0 Å². The van der Waals surface area contributed by atoms with Crippen molar-refractivity contribution in [1.82, 2.24) is 9.80 Å². The van der Waals surface area contributed by atoms with E-state index in [1.165, 1.54) is 155 Å². The third kappa shape index (κ3) is 11.5. The molecule has 1 spiro atoms. The van der Waals surface area contributed by atoms with Crippen LogP contribution in [0.15, 0.2) is 0 Å². The smallest absolute Gasteiger partial charge is 0.00514 e. The van der Waals surface area contributed by atoms with Gasteiger partial charge in [-0.1, -0.05) is 111 Å². The summed E-state index contributed by atoms with van der Waals surface area (Å²) in [5.41, 5.74) is 0.696. The Morgan fingerprint density at radius 3 is 1.76 bits per heavy atom. The molecule has 2 unspecified atom stereocenters. The molecule has 0 bridgehead atoms. The molecule has 2 fully saturated rings. The Balaban J connectivity index is 1.59. The summed E-state index contributed by atoms with van der Waals surface area (Å²) >= 11 is 0. The first-order chi connectivity index (χ1) is 16.1. The average molecular weight is 463 g/mol. The molecule has 2 saturated heterocycles. The number of hydrogen-bond acceptors (Lipinski definition) is 2. The maximum absolute atomic E-state index is 2.80. The molecule has 0 radical (unpaired) electrons. The van der Waals surface area contributed by atoms with E-state index in [1.807, 2.05) is 0 Å². The van der Waals surface area contributed by atoms with E-state index in [9.17, 15) is 0 Å². The zero-order chi connectivity index (χ0) is 23.8. The van der Waals surface area contributed by atoms with Gasteiger partial charge in [0.1, 0.15) is 0 Å². The molecule has 2 rings (SSSR count). The Kier molecular flexibility index (Phi) is 15.3. The minimum absolute atomic E-state index is 0.696. The van der Waals surface area contributed by atoms with Crippen molar-refractivity contribution in [1.29, 1.82) is 0 Å². The van der Waals surface area contributed by atoms with Crippen molar-refractivity contribution in [3.63, 3.8) is 0 Å². The highest BCUT2D eigenvalue weighted by Gasteiger charge is 2.44. The molecule has 0 amide bonds. The fraction of sp³-hybridized carbons (Fsp3) is 1.00. The van der Waals surface area contributed by atoms with Crippen LogP contribution in [0.1, 0.15) is 143 Å². The predicted molar refractivity (Wildman–Crippen MR) is 148 cm³/mol. The highest BCUT2D eigenvalue weighted by Crippen LogP contribution is 2.41. The molecule has 2 heterocycles. The van der Waals surface area contributed by atoms with Crippen LogP contribution < -0.4 is 0 Å². The lowest BCUT2D eigenvalue weighted by Crippen LogP contribution is -2.60. The van der Waals surface area contributed by atoms with Crippen LogP contribution in [0.2, 0.25) is 0 Å². The van der Waals surface area contributed by atoms with Crippen molar-refractivity contribution in [2.24, 2.45) is 17.3 Å². The lowest BCUT2D eigenvalue weighted by atomic mass is 9.71. The molecule has 2 aliphatic rings. The van der Waals surface area contributed by atoms with Crippen LogP contribution in [0.3, 0.4) is 0 Å². The van der Waals surface area contributed by atoms with Gasteiger partial charge in [0.2, 0.25) is 0 Å². The van der Waals surface area contributed by atoms with Crippen LogP contribution in [-0.4, -0.2) is 49.1 Å². The highest BCUT2D eigenvalue weighted by molar-refractivity contribution is 4.98. The average Bonchev–Trinajstić information content (AvgIpc) is 2.81. The molecule has 0 N–H and O–H groups in total. The second-order valence-electron chi connectivity index (χ2n) is 12.1. The van der Waals surface area contributed by atoms with Crippen LogP contribution in [0.25, 0.3) is 0 Å². The maximum Gasteiger partial charge on any atom is 0.00514 e. The third-order valence-corrected chi connectivity index (χ3v) is 9.11. The van der Waals surface area contributed by atoms with Crippen molar-refractivity contribution in [3.05, 3.63) is 0 Å². The van der Waals surface area contributed by atoms with Crippen LogP contribution in [0.5, 0.6) is 0 Å². The lowest BCUT2D eigenvalue weighted by molar-refractivity contribution is -0.0495. The van der Waals surface area contributed by atoms with E-state index in [4.69, 9.17) is 0 Å². The van der Waals surface area contributed by atoms with E-state index in [0.717, 1.165) is 11.8 Å². The van der Waals surface area contributed by atoms with Gasteiger partial charge in [-0.25, -0.2) is 0 Å². The Labute approximate surface area is 209 Å². The van der Waals surface area contributed by atoms with E-state index in [2.05, 4.69) is 37.5 Å². The van der Waals surface area contributed by atoms with Crippen molar-refractivity contribution < 1.29 is 0 Å². The third-order valence-electron chi connectivity index (χ3n) is 9.11. The van der Waals surface area contributed by atoms with Crippen molar-refractivity contribution >= 4 is 0 Å². The minimum atomic E-state index is 0.696. The highest BCUT2D eigenvalue weighted by atomic mass is 15.2. The normalized spacial score (nSPS) is 20.7. The Morgan fingerprint density at radius 1 is 0.576 bits per heavy atom. The van der Waals surface area contributed by atoms with Crippen LogP contribution in [0.4, 0.5) is 0 Å². The summed E-state index contributed by atoms with van der Waals surface area (Å²) in [4.78, 5) is 5.61. The SMILES string of the molecule is CCCCCCCC(CCCCC)CCCN1CC2(CCN(CC(CC)CCCC)CC2)C1. The van der Waals surface area contributed by atoms with Gasteiger partial charge in [0.05, 0.1) is 0 Å². The summed E-state index contributed by atoms with van der Waals surface area (Å²) in [6.07, 6.45) is 26.0. The summed E-state index contributed by atoms with van der Waals surface area (Å²) < 4.78 is 0. The van der Waals surface area contributed by atoms with Gasteiger partial charge in [0, 0.05) is 19.6 Å². The maximum atomic E-state index is 2.80. The predicted octanol–water partition coefficient (Wildman–Crippen LogP) is 8.94. The number of hydrogen-bond donors (Lipinski definition) is 0. The van der Waals surface area contributed by atoms with Crippen LogP contribution >= 0.6 is 0 Å². The van der Waals surface area contributed by atoms with E-state index in [0.29, 0.717) is 5.41 Å². The van der Waals surface area contributed by atoms with Gasteiger partial charge in [-0.05, 0) is 69.0 Å². The fourth-order valence-corrected chi connectivity index (χ4v) is 6.63. The number of rotatable bonds is 20. The summed E-state index contributed by atoms with van der Waals surface area (Å²) in [6, 6.07) is 0. The molecule has 33 heavy (non-hydrogen) atoms. The zero-order valence-corrected chi connectivity index (χ0v) is 23.5. The Hall–Kier alpha value is -0.0800. The molecular weight excluding hydrogens is 400 g/mol. The van der Waals surface area contributed by atoms with Gasteiger partial charge in [-0.3, -0.25) is 0 Å². The molecule has 0 aromatic carbocycles. The zero-order valence-electron chi connectivity index (χ0n) is 23.5. The number of unbranched alkanes of at least 4 members (excludes halogenated alkanes) is 7. The second-order valence-corrected chi connectivity index (χ2v) is 12.1. The number of piperidine rings is 1. The summed E-state index contributed by atoms with van der Waals surface area (Å²) in [6.45, 7) is 17.7. The number of likely N-dealkylation sites (tertiary alicyclic amines) is 2. The lowest BCUT2D eigenvalue weighted by Gasteiger charge is -2.54. The fourth-order valence-electron chi connectivity index (χ4n) is 6.63. The molecule has 196 valence electrons. The van der Waals surface area contributed by atoms with Crippen molar-refractivity contribution in [2.75, 3.05) is 39.3 Å². The molecular formula is C31H62N2. The van der Waals surface area contributed by atoms with Gasteiger partial charge in [0.25, 0.3) is 0 Å². The molecule has 0 aromatic rings. The molecule has 2 nitrogen and oxygen atoms in total.